The number of hydrogen-bond donors (Lipinski definition) is 1. The van der Waals surface area contributed by atoms with Crippen molar-refractivity contribution in [2.24, 2.45) is 5.92 Å². The van der Waals surface area contributed by atoms with Crippen LogP contribution in [-0.4, -0.2) is 26.9 Å². The number of benzene rings is 2. The molecule has 2 aromatic rings. The van der Waals surface area contributed by atoms with Gasteiger partial charge in [-0.25, -0.2) is 8.42 Å². The first kappa shape index (κ1) is 19.4. The van der Waals surface area contributed by atoms with E-state index in [0.717, 1.165) is 12.0 Å². The number of rotatable bonds is 6. The van der Waals surface area contributed by atoms with Crippen LogP contribution in [0.2, 0.25) is 0 Å². The van der Waals surface area contributed by atoms with E-state index >= 15 is 0 Å². The highest BCUT2D eigenvalue weighted by atomic mass is 32.2. The van der Waals surface area contributed by atoms with Gasteiger partial charge in [0.05, 0.1) is 10.6 Å². The van der Waals surface area contributed by atoms with Crippen molar-refractivity contribution in [3.8, 4) is 0 Å². The van der Waals surface area contributed by atoms with Crippen molar-refractivity contribution >= 4 is 21.6 Å². The summed E-state index contributed by atoms with van der Waals surface area (Å²) in [5.74, 6) is 0.415. The predicted molar refractivity (Wildman–Crippen MR) is 108 cm³/mol. The highest BCUT2D eigenvalue weighted by Crippen LogP contribution is 2.37. The maximum absolute atomic E-state index is 13.1. The average Bonchev–Trinajstić information content (AvgIpc) is 2.97. The van der Waals surface area contributed by atoms with E-state index < -0.39 is 10.0 Å². The summed E-state index contributed by atoms with van der Waals surface area (Å²) in [6.45, 7) is 6.76. The second-order valence-electron chi connectivity index (χ2n) is 7.45. The van der Waals surface area contributed by atoms with Crippen molar-refractivity contribution in [3.63, 3.8) is 0 Å². The van der Waals surface area contributed by atoms with E-state index in [1.54, 1.807) is 42.5 Å². The molecule has 1 heterocycles. The van der Waals surface area contributed by atoms with Crippen molar-refractivity contribution in [3.05, 3.63) is 59.7 Å². The van der Waals surface area contributed by atoms with Gasteiger partial charge in [-0.15, -0.1) is 0 Å². The molecular formula is C21H26N2O3S. The van der Waals surface area contributed by atoms with Gasteiger partial charge in [-0.05, 0) is 61.6 Å². The summed E-state index contributed by atoms with van der Waals surface area (Å²) in [5, 5.41) is 2.93. The predicted octanol–water partition coefficient (Wildman–Crippen LogP) is 3.60. The van der Waals surface area contributed by atoms with Crippen LogP contribution in [0.15, 0.2) is 53.4 Å². The first-order valence-electron chi connectivity index (χ1n) is 9.31. The Hall–Kier alpha value is -2.34. The van der Waals surface area contributed by atoms with Crippen molar-refractivity contribution < 1.29 is 13.2 Å². The Kier molecular flexibility index (Phi) is 5.56. The van der Waals surface area contributed by atoms with E-state index in [9.17, 15) is 13.2 Å². The fourth-order valence-corrected chi connectivity index (χ4v) is 5.11. The van der Waals surface area contributed by atoms with Crippen LogP contribution in [0.25, 0.3) is 0 Å². The normalized spacial score (nSPS) is 16.4. The maximum atomic E-state index is 13.1. The SMILES string of the molecule is CC(C)CCNC(=O)c1ccc2c(c1)C[C@@H](C)N2S(=O)(=O)c1ccccc1. The standard InChI is InChI=1S/C21H26N2O3S/c1-15(2)11-12-22-21(24)17-9-10-20-18(14-17)13-16(3)23(20)27(25,26)19-7-5-4-6-8-19/h4-10,14-16H,11-13H2,1-3H3,(H,22,24)/t16-/m1/s1. The molecule has 3 rings (SSSR count). The molecule has 144 valence electrons. The van der Waals surface area contributed by atoms with Gasteiger partial charge < -0.3 is 5.32 Å². The van der Waals surface area contributed by atoms with Gasteiger partial charge >= 0.3 is 0 Å². The molecule has 1 atom stereocenters. The summed E-state index contributed by atoms with van der Waals surface area (Å²) < 4.78 is 27.6. The lowest BCUT2D eigenvalue weighted by Crippen LogP contribution is -2.35. The quantitative estimate of drug-likeness (QED) is 0.825. The van der Waals surface area contributed by atoms with Gasteiger partial charge in [0.1, 0.15) is 0 Å². The summed E-state index contributed by atoms with van der Waals surface area (Å²) in [5.41, 5.74) is 2.12. The molecular weight excluding hydrogens is 360 g/mol. The number of fused-ring (bicyclic) bond motifs is 1. The third kappa shape index (κ3) is 4.00. The van der Waals surface area contributed by atoms with Gasteiger partial charge in [-0.1, -0.05) is 32.0 Å². The molecule has 0 aliphatic carbocycles. The first-order valence-corrected chi connectivity index (χ1v) is 10.8. The molecule has 0 unspecified atom stereocenters. The second kappa shape index (κ2) is 7.72. The fraction of sp³-hybridized carbons (Fsp3) is 0.381. The van der Waals surface area contributed by atoms with Gasteiger partial charge in [0, 0.05) is 18.2 Å². The molecule has 6 heteroatoms. The van der Waals surface area contributed by atoms with E-state index in [4.69, 9.17) is 0 Å². The zero-order valence-electron chi connectivity index (χ0n) is 16.0. The number of carbonyl (C=O) groups is 1. The lowest BCUT2D eigenvalue weighted by atomic mass is 10.1. The molecule has 0 saturated carbocycles. The van der Waals surface area contributed by atoms with Crippen LogP contribution in [0.3, 0.4) is 0 Å². The van der Waals surface area contributed by atoms with Crippen molar-refractivity contribution in [2.45, 2.75) is 44.6 Å². The summed E-state index contributed by atoms with van der Waals surface area (Å²) in [7, 11) is -3.63. The first-order chi connectivity index (χ1) is 12.8. The van der Waals surface area contributed by atoms with Gasteiger partial charge in [0.15, 0.2) is 0 Å². The Labute approximate surface area is 161 Å². The molecule has 1 aliphatic rings. The number of carbonyl (C=O) groups excluding carboxylic acids is 1. The van der Waals surface area contributed by atoms with E-state index in [-0.39, 0.29) is 16.8 Å². The molecule has 1 amide bonds. The molecule has 2 aromatic carbocycles. The van der Waals surface area contributed by atoms with E-state index in [1.807, 2.05) is 13.0 Å². The Morgan fingerprint density at radius 2 is 1.89 bits per heavy atom. The monoisotopic (exact) mass is 386 g/mol. The molecule has 27 heavy (non-hydrogen) atoms. The molecule has 0 radical (unpaired) electrons. The average molecular weight is 387 g/mol. The largest absolute Gasteiger partial charge is 0.352 e. The van der Waals surface area contributed by atoms with E-state index in [1.165, 1.54) is 4.31 Å². The zero-order valence-corrected chi connectivity index (χ0v) is 16.8. The molecule has 0 bridgehead atoms. The number of nitrogens with zero attached hydrogens (tertiary/aromatic N) is 1. The Bertz CT molecular complexity index is 924. The molecule has 1 N–H and O–H groups in total. The van der Waals surface area contributed by atoms with Crippen LogP contribution in [-0.2, 0) is 16.4 Å². The topological polar surface area (TPSA) is 66.5 Å². The van der Waals surface area contributed by atoms with Crippen LogP contribution in [0.1, 0.15) is 43.1 Å². The molecule has 0 spiro atoms. The van der Waals surface area contributed by atoms with Crippen LogP contribution < -0.4 is 9.62 Å². The molecule has 0 aromatic heterocycles. The maximum Gasteiger partial charge on any atom is 0.264 e. The van der Waals surface area contributed by atoms with Crippen molar-refractivity contribution in [2.75, 3.05) is 10.8 Å². The molecule has 1 aliphatic heterocycles. The van der Waals surface area contributed by atoms with E-state index in [2.05, 4.69) is 19.2 Å². The Morgan fingerprint density at radius 1 is 1.19 bits per heavy atom. The third-order valence-corrected chi connectivity index (χ3v) is 6.74. The van der Waals surface area contributed by atoms with Crippen LogP contribution in [0.5, 0.6) is 0 Å². The number of sulfonamides is 1. The lowest BCUT2D eigenvalue weighted by molar-refractivity contribution is 0.0952. The fourth-order valence-electron chi connectivity index (χ4n) is 3.39. The highest BCUT2D eigenvalue weighted by molar-refractivity contribution is 7.92. The summed E-state index contributed by atoms with van der Waals surface area (Å²) in [6.07, 6.45) is 1.52. The van der Waals surface area contributed by atoms with Crippen LogP contribution in [0.4, 0.5) is 5.69 Å². The Morgan fingerprint density at radius 3 is 2.56 bits per heavy atom. The van der Waals surface area contributed by atoms with Crippen LogP contribution in [0, 0.1) is 5.92 Å². The van der Waals surface area contributed by atoms with Crippen molar-refractivity contribution in [1.29, 1.82) is 0 Å². The lowest BCUT2D eigenvalue weighted by Gasteiger charge is -2.24. The number of anilines is 1. The number of hydrogen-bond acceptors (Lipinski definition) is 3. The van der Waals surface area contributed by atoms with Crippen LogP contribution >= 0.6 is 0 Å². The summed E-state index contributed by atoms with van der Waals surface area (Å²) >= 11 is 0. The summed E-state index contributed by atoms with van der Waals surface area (Å²) in [4.78, 5) is 12.6. The Balaban J connectivity index is 1.85. The van der Waals surface area contributed by atoms with Gasteiger partial charge in [0.2, 0.25) is 0 Å². The second-order valence-corrected chi connectivity index (χ2v) is 9.26. The third-order valence-electron chi connectivity index (χ3n) is 4.80. The van der Waals surface area contributed by atoms with Crippen molar-refractivity contribution in [1.82, 2.24) is 5.32 Å². The molecule has 0 fully saturated rings. The minimum absolute atomic E-state index is 0.115. The zero-order chi connectivity index (χ0) is 19.6. The minimum atomic E-state index is -3.63. The number of amides is 1. The van der Waals surface area contributed by atoms with Gasteiger partial charge in [-0.3, -0.25) is 9.10 Å². The minimum Gasteiger partial charge on any atom is -0.352 e. The van der Waals surface area contributed by atoms with Gasteiger partial charge in [-0.2, -0.15) is 0 Å². The number of nitrogens with one attached hydrogen (secondary N) is 1. The summed E-state index contributed by atoms with van der Waals surface area (Å²) in [6, 6.07) is 13.5. The van der Waals surface area contributed by atoms with E-state index in [0.29, 0.717) is 30.1 Å². The van der Waals surface area contributed by atoms with Gasteiger partial charge in [0.25, 0.3) is 15.9 Å². The highest BCUT2D eigenvalue weighted by Gasteiger charge is 2.36. The molecule has 5 nitrogen and oxygen atoms in total. The molecule has 0 saturated heterocycles. The smallest absolute Gasteiger partial charge is 0.264 e.